The van der Waals surface area contributed by atoms with Gasteiger partial charge in [-0.25, -0.2) is 8.78 Å². The zero-order valence-electron chi connectivity index (χ0n) is 26.8. The quantitative estimate of drug-likeness (QED) is 0.144. The lowest BCUT2D eigenvalue weighted by atomic mass is 9.94. The fourth-order valence-corrected chi connectivity index (χ4v) is 7.10. The number of aliphatic hydroxyl groups excluding tert-OH is 1. The summed E-state index contributed by atoms with van der Waals surface area (Å²) in [5, 5.41) is 11.5. The lowest BCUT2D eigenvalue weighted by Gasteiger charge is -2.30. The van der Waals surface area contributed by atoms with Crippen LogP contribution in [-0.2, 0) is 17.8 Å². The van der Waals surface area contributed by atoms with Gasteiger partial charge in [-0.1, -0.05) is 48.5 Å². The number of methoxy groups -OCH3 is 1. The van der Waals surface area contributed by atoms with E-state index in [0.29, 0.717) is 42.5 Å². The molecule has 48 heavy (non-hydrogen) atoms. The molecule has 250 valence electrons. The Labute approximate surface area is 277 Å². The fourth-order valence-electron chi connectivity index (χ4n) is 7.10. The number of nitrogens with zero attached hydrogens (tertiary/aromatic N) is 4. The first-order valence-corrected chi connectivity index (χ1v) is 16.3. The molecule has 3 aromatic carbocycles. The average molecular weight is 657 g/mol. The van der Waals surface area contributed by atoms with Gasteiger partial charge in [-0.2, -0.15) is 9.97 Å². The molecule has 2 fully saturated rings. The molecule has 2 saturated heterocycles. The van der Waals surface area contributed by atoms with Crippen molar-refractivity contribution in [2.24, 2.45) is 0 Å². The molecule has 0 bridgehead atoms. The van der Waals surface area contributed by atoms with Gasteiger partial charge in [-0.05, 0) is 66.3 Å². The number of ether oxygens (including phenoxy) is 4. The Morgan fingerprint density at radius 1 is 1.04 bits per heavy atom. The Morgan fingerprint density at radius 3 is 2.75 bits per heavy atom. The maximum Gasteiger partial charge on any atom is 0.320 e. The van der Waals surface area contributed by atoms with Crippen LogP contribution in [-0.4, -0.2) is 76.9 Å². The zero-order chi connectivity index (χ0) is 33.1. The van der Waals surface area contributed by atoms with E-state index in [1.165, 1.54) is 13.3 Å². The molecular weight excluding hydrogens is 618 g/mol. The van der Waals surface area contributed by atoms with Crippen LogP contribution in [0.1, 0.15) is 36.8 Å². The van der Waals surface area contributed by atoms with E-state index in [-0.39, 0.29) is 49.7 Å². The molecule has 2 aliphatic rings. The summed E-state index contributed by atoms with van der Waals surface area (Å²) in [6.45, 7) is 1.63. The van der Waals surface area contributed by atoms with Crippen molar-refractivity contribution in [1.29, 1.82) is 0 Å². The van der Waals surface area contributed by atoms with Crippen LogP contribution in [0.15, 0.2) is 66.9 Å². The first-order valence-electron chi connectivity index (χ1n) is 16.3. The maximum absolute atomic E-state index is 17.0. The Morgan fingerprint density at radius 2 is 1.92 bits per heavy atom. The van der Waals surface area contributed by atoms with Gasteiger partial charge in [0.05, 0.1) is 10.9 Å². The number of hydrogen-bond donors (Lipinski definition) is 1. The first-order chi connectivity index (χ1) is 23.5. The first kappa shape index (κ1) is 32.1. The van der Waals surface area contributed by atoms with E-state index >= 15 is 4.39 Å². The van der Waals surface area contributed by atoms with Crippen molar-refractivity contribution < 1.29 is 32.8 Å². The normalized spacial score (nSPS) is 19.2. The van der Waals surface area contributed by atoms with Gasteiger partial charge in [0.1, 0.15) is 36.3 Å². The van der Waals surface area contributed by atoms with Gasteiger partial charge >= 0.3 is 6.01 Å². The summed E-state index contributed by atoms with van der Waals surface area (Å²) in [7, 11) is 1.53. The number of halogens is 2. The van der Waals surface area contributed by atoms with Crippen molar-refractivity contribution in [3.63, 3.8) is 0 Å². The minimum atomic E-state index is -0.914. The highest BCUT2D eigenvalue weighted by Gasteiger charge is 2.49. The Balaban J connectivity index is 1.34. The van der Waals surface area contributed by atoms with Gasteiger partial charge in [0.15, 0.2) is 12.6 Å². The monoisotopic (exact) mass is 656 g/mol. The highest BCUT2D eigenvalue weighted by molar-refractivity contribution is 6.01. The van der Waals surface area contributed by atoms with Crippen molar-refractivity contribution in [3.8, 4) is 28.9 Å². The van der Waals surface area contributed by atoms with Gasteiger partial charge in [-0.15, -0.1) is 0 Å². The number of rotatable bonds is 13. The number of alkyl halides is 1. The average Bonchev–Trinajstić information content (AvgIpc) is 3.64. The van der Waals surface area contributed by atoms with E-state index in [1.54, 1.807) is 6.07 Å². The van der Waals surface area contributed by atoms with Gasteiger partial charge in [0.25, 0.3) is 0 Å². The largest absolute Gasteiger partial charge is 0.472 e. The van der Waals surface area contributed by atoms with Crippen molar-refractivity contribution in [1.82, 2.24) is 19.9 Å². The molecule has 4 heterocycles. The van der Waals surface area contributed by atoms with E-state index in [2.05, 4.69) is 19.9 Å². The van der Waals surface area contributed by atoms with Crippen LogP contribution in [0, 0.1) is 5.82 Å². The molecule has 2 atom stereocenters. The summed E-state index contributed by atoms with van der Waals surface area (Å²) < 4.78 is 54.7. The van der Waals surface area contributed by atoms with Crippen LogP contribution in [0.5, 0.6) is 17.6 Å². The third-order valence-corrected chi connectivity index (χ3v) is 9.32. The topological polar surface area (TPSA) is 99.1 Å². The van der Waals surface area contributed by atoms with Gasteiger partial charge in [0, 0.05) is 38.4 Å². The Kier molecular flexibility index (Phi) is 9.34. The molecule has 7 rings (SSSR count). The van der Waals surface area contributed by atoms with Crippen molar-refractivity contribution >= 4 is 21.7 Å². The number of aromatic nitrogens is 3. The second-order valence-corrected chi connectivity index (χ2v) is 12.5. The van der Waals surface area contributed by atoms with Crippen molar-refractivity contribution in [2.45, 2.75) is 50.4 Å². The molecule has 0 radical (unpaired) electrons. The summed E-state index contributed by atoms with van der Waals surface area (Å²) in [5.41, 5.74) is 2.00. The number of aryl methyl sites for hydroxylation is 1. The molecule has 0 amide bonds. The van der Waals surface area contributed by atoms with Crippen LogP contribution < -0.4 is 14.2 Å². The van der Waals surface area contributed by atoms with Crippen molar-refractivity contribution in [2.75, 3.05) is 40.2 Å². The minimum Gasteiger partial charge on any atom is -0.472 e. The standard InChI is InChI=1S/C37H38F2N4O5/c1-45-23-48-28-16-26-11-5-10-25(12-6-15-44)31(26)29(17-28)33-32(39)34-30(19-40-33)35(46-21-24-8-3-2-4-9-24)42-36(41-34)47-22-37-13-7-14-43(37)20-27(38)18-37/h2-5,8-11,16-17,19,27,44H,6-7,12-15,18,20-23H2,1H3/t27-,37+/m1/s1. The second kappa shape index (κ2) is 14.0. The number of aliphatic hydroxyl groups is 1. The van der Waals surface area contributed by atoms with E-state index in [9.17, 15) is 9.50 Å². The molecular formula is C37H38F2N4O5. The number of hydrogen-bond acceptors (Lipinski definition) is 9. The Bertz CT molecular complexity index is 1910. The third-order valence-electron chi connectivity index (χ3n) is 9.32. The molecule has 0 spiro atoms. The lowest BCUT2D eigenvalue weighted by Crippen LogP contribution is -2.43. The number of benzene rings is 3. The highest BCUT2D eigenvalue weighted by Crippen LogP contribution is 2.41. The fraction of sp³-hybridized carbons (Fsp3) is 0.378. The lowest BCUT2D eigenvalue weighted by molar-refractivity contribution is 0.0512. The molecule has 1 N–H and O–H groups in total. The van der Waals surface area contributed by atoms with Crippen LogP contribution >= 0.6 is 0 Å². The van der Waals surface area contributed by atoms with Crippen LogP contribution in [0.2, 0.25) is 0 Å². The zero-order valence-corrected chi connectivity index (χ0v) is 26.8. The molecule has 0 unspecified atom stereocenters. The van der Waals surface area contributed by atoms with E-state index in [4.69, 9.17) is 18.9 Å². The SMILES string of the molecule is COCOc1cc(-c2ncc3c(OCc4ccccc4)nc(OC[C@@]45CCCN4C[C@H](F)C5)nc3c2F)c2c(CCCO)cccc2c1. The third kappa shape index (κ3) is 6.37. The molecule has 0 aliphatic carbocycles. The molecule has 11 heteroatoms. The predicted molar refractivity (Wildman–Crippen MR) is 177 cm³/mol. The summed E-state index contributed by atoms with van der Waals surface area (Å²) in [6.07, 6.45) is 3.90. The second-order valence-electron chi connectivity index (χ2n) is 12.5. The summed E-state index contributed by atoms with van der Waals surface area (Å²) in [6, 6.07) is 19.0. The molecule has 0 saturated carbocycles. The molecule has 9 nitrogen and oxygen atoms in total. The highest BCUT2D eigenvalue weighted by atomic mass is 19.1. The molecule has 2 aromatic heterocycles. The summed E-state index contributed by atoms with van der Waals surface area (Å²) in [4.78, 5) is 15.9. The molecule has 2 aliphatic heterocycles. The summed E-state index contributed by atoms with van der Waals surface area (Å²) >= 11 is 0. The van der Waals surface area contributed by atoms with E-state index in [0.717, 1.165) is 41.3 Å². The van der Waals surface area contributed by atoms with Crippen molar-refractivity contribution in [3.05, 3.63) is 83.8 Å². The Hall–Kier alpha value is -4.45. The van der Waals surface area contributed by atoms with Gasteiger partial charge < -0.3 is 24.1 Å². The van der Waals surface area contributed by atoms with Gasteiger partial charge in [-0.3, -0.25) is 9.88 Å². The predicted octanol–water partition coefficient (Wildman–Crippen LogP) is 6.43. The summed E-state index contributed by atoms with van der Waals surface area (Å²) in [5.74, 6) is -0.0449. The van der Waals surface area contributed by atoms with E-state index < -0.39 is 17.5 Å². The smallest absolute Gasteiger partial charge is 0.320 e. The number of pyridine rings is 1. The van der Waals surface area contributed by atoms with E-state index in [1.807, 2.05) is 54.6 Å². The minimum absolute atomic E-state index is 0.00664. The van der Waals surface area contributed by atoms with Crippen LogP contribution in [0.3, 0.4) is 0 Å². The maximum atomic E-state index is 17.0. The molecule has 5 aromatic rings. The number of fused-ring (bicyclic) bond motifs is 3. The van der Waals surface area contributed by atoms with Crippen LogP contribution in [0.4, 0.5) is 8.78 Å². The van der Waals surface area contributed by atoms with Gasteiger partial charge in [0.2, 0.25) is 5.88 Å². The van der Waals surface area contributed by atoms with Crippen LogP contribution in [0.25, 0.3) is 32.9 Å².